The molecule has 1 aromatic heterocycles. The van der Waals surface area contributed by atoms with Crippen molar-refractivity contribution in [3.8, 4) is 11.8 Å². The van der Waals surface area contributed by atoms with Crippen LogP contribution in [0, 0.1) is 0 Å². The highest BCUT2D eigenvalue weighted by molar-refractivity contribution is 7.99. The topological polar surface area (TPSA) is 59.5 Å². The SMILES string of the molecule is COc1cc(OC)nc(Sc2ccccc2N2CCNCC2)n1. The fourth-order valence-electron chi connectivity index (χ4n) is 2.45. The van der Waals surface area contributed by atoms with Gasteiger partial charge in [0.15, 0.2) is 5.16 Å². The van der Waals surface area contributed by atoms with E-state index < -0.39 is 0 Å². The predicted molar refractivity (Wildman–Crippen MR) is 90.8 cm³/mol. The van der Waals surface area contributed by atoms with E-state index in [2.05, 4.69) is 38.4 Å². The Morgan fingerprint density at radius 3 is 2.35 bits per heavy atom. The third-order valence-corrected chi connectivity index (χ3v) is 4.53. The molecule has 7 heteroatoms. The summed E-state index contributed by atoms with van der Waals surface area (Å²) in [6.07, 6.45) is 0. The predicted octanol–water partition coefficient (Wildman–Crippen LogP) is 2.05. The van der Waals surface area contributed by atoms with Crippen LogP contribution in [0.2, 0.25) is 0 Å². The van der Waals surface area contributed by atoms with Gasteiger partial charge in [-0.2, -0.15) is 9.97 Å². The van der Waals surface area contributed by atoms with Crippen LogP contribution in [-0.4, -0.2) is 50.4 Å². The highest BCUT2D eigenvalue weighted by atomic mass is 32.2. The van der Waals surface area contributed by atoms with Gasteiger partial charge in [-0.05, 0) is 23.9 Å². The molecule has 23 heavy (non-hydrogen) atoms. The van der Waals surface area contributed by atoms with E-state index in [1.165, 1.54) is 17.4 Å². The largest absolute Gasteiger partial charge is 0.481 e. The van der Waals surface area contributed by atoms with Crippen molar-refractivity contribution in [3.63, 3.8) is 0 Å². The number of benzene rings is 1. The number of ether oxygens (including phenoxy) is 2. The van der Waals surface area contributed by atoms with Gasteiger partial charge in [0.1, 0.15) is 0 Å². The van der Waals surface area contributed by atoms with Crippen LogP contribution in [0.1, 0.15) is 0 Å². The molecular formula is C16H20N4O2S. The average molecular weight is 332 g/mol. The zero-order chi connectivity index (χ0) is 16.1. The standard InChI is InChI=1S/C16H20N4O2S/c1-21-14-11-15(22-2)19-16(18-14)23-13-6-4-3-5-12(13)20-9-7-17-8-10-20/h3-6,11,17H,7-10H2,1-2H3. The van der Waals surface area contributed by atoms with Crippen LogP contribution in [0.4, 0.5) is 5.69 Å². The van der Waals surface area contributed by atoms with Gasteiger partial charge >= 0.3 is 0 Å². The van der Waals surface area contributed by atoms with E-state index >= 15 is 0 Å². The molecule has 0 aliphatic carbocycles. The smallest absolute Gasteiger partial charge is 0.220 e. The fourth-order valence-corrected chi connectivity index (χ4v) is 3.36. The van der Waals surface area contributed by atoms with E-state index in [0.29, 0.717) is 16.9 Å². The Morgan fingerprint density at radius 2 is 1.70 bits per heavy atom. The molecule has 2 heterocycles. The third kappa shape index (κ3) is 3.86. The molecular weight excluding hydrogens is 312 g/mol. The average Bonchev–Trinajstić information content (AvgIpc) is 2.62. The molecule has 3 rings (SSSR count). The van der Waals surface area contributed by atoms with Gasteiger partial charge in [-0.25, -0.2) is 0 Å². The number of rotatable bonds is 5. The van der Waals surface area contributed by atoms with Crippen molar-refractivity contribution < 1.29 is 9.47 Å². The van der Waals surface area contributed by atoms with Crippen LogP contribution in [0.3, 0.4) is 0 Å². The zero-order valence-corrected chi connectivity index (χ0v) is 14.1. The molecule has 0 atom stereocenters. The van der Waals surface area contributed by atoms with Crippen LogP contribution in [-0.2, 0) is 0 Å². The second-order valence-corrected chi connectivity index (χ2v) is 6.05. The first-order valence-electron chi connectivity index (χ1n) is 7.50. The lowest BCUT2D eigenvalue weighted by molar-refractivity contribution is 0.364. The van der Waals surface area contributed by atoms with E-state index in [4.69, 9.17) is 9.47 Å². The Hall–Kier alpha value is -1.99. The molecule has 1 aliphatic rings. The van der Waals surface area contributed by atoms with E-state index in [1.54, 1.807) is 20.3 Å². The number of methoxy groups -OCH3 is 2. The minimum Gasteiger partial charge on any atom is -0.481 e. The molecule has 0 spiro atoms. The molecule has 122 valence electrons. The zero-order valence-electron chi connectivity index (χ0n) is 13.3. The van der Waals surface area contributed by atoms with Gasteiger partial charge in [-0.1, -0.05) is 12.1 Å². The molecule has 1 aromatic carbocycles. The third-order valence-electron chi connectivity index (χ3n) is 3.60. The summed E-state index contributed by atoms with van der Waals surface area (Å²) < 4.78 is 10.4. The number of nitrogens with one attached hydrogen (secondary N) is 1. The first-order chi connectivity index (χ1) is 11.3. The van der Waals surface area contributed by atoms with Crippen LogP contribution in [0.25, 0.3) is 0 Å². The molecule has 1 fully saturated rings. The Bertz CT molecular complexity index is 640. The lowest BCUT2D eigenvalue weighted by atomic mass is 10.2. The highest BCUT2D eigenvalue weighted by Crippen LogP contribution is 2.35. The molecule has 0 unspecified atom stereocenters. The van der Waals surface area contributed by atoms with Gasteiger partial charge in [0.05, 0.1) is 26.0 Å². The van der Waals surface area contributed by atoms with Gasteiger partial charge in [0.2, 0.25) is 11.8 Å². The lowest BCUT2D eigenvalue weighted by Gasteiger charge is -2.30. The Morgan fingerprint density at radius 1 is 1.04 bits per heavy atom. The summed E-state index contributed by atoms with van der Waals surface area (Å²) in [6.45, 7) is 4.00. The summed E-state index contributed by atoms with van der Waals surface area (Å²) in [5.74, 6) is 0.998. The number of anilines is 1. The van der Waals surface area contributed by atoms with Crippen molar-refractivity contribution in [1.82, 2.24) is 15.3 Å². The molecule has 0 bridgehead atoms. The Labute approximate surface area is 140 Å². The minimum atomic E-state index is 0.499. The Kier molecular flexibility index (Phi) is 5.19. The molecule has 1 aliphatic heterocycles. The summed E-state index contributed by atoms with van der Waals surface area (Å²) >= 11 is 1.52. The summed E-state index contributed by atoms with van der Waals surface area (Å²) in [5, 5.41) is 3.99. The molecule has 2 aromatic rings. The summed E-state index contributed by atoms with van der Waals surface area (Å²) in [7, 11) is 3.18. The van der Waals surface area contributed by atoms with Gasteiger partial charge in [0, 0.05) is 31.1 Å². The normalized spacial score (nSPS) is 14.6. The minimum absolute atomic E-state index is 0.499. The summed E-state index contributed by atoms with van der Waals surface area (Å²) in [4.78, 5) is 12.3. The second-order valence-electron chi connectivity index (χ2n) is 5.04. The van der Waals surface area contributed by atoms with E-state index in [0.717, 1.165) is 31.1 Å². The molecule has 0 radical (unpaired) electrons. The van der Waals surface area contributed by atoms with Gasteiger partial charge in [-0.15, -0.1) is 0 Å². The molecule has 0 amide bonds. The van der Waals surface area contributed by atoms with Gasteiger partial charge in [-0.3, -0.25) is 0 Å². The van der Waals surface area contributed by atoms with Crippen molar-refractivity contribution in [1.29, 1.82) is 0 Å². The summed E-state index contributed by atoms with van der Waals surface area (Å²) in [6, 6.07) is 10.0. The maximum absolute atomic E-state index is 5.22. The van der Waals surface area contributed by atoms with E-state index in [9.17, 15) is 0 Å². The van der Waals surface area contributed by atoms with Crippen molar-refractivity contribution in [2.75, 3.05) is 45.3 Å². The van der Waals surface area contributed by atoms with Gasteiger partial charge in [0.25, 0.3) is 0 Å². The number of hydrogen-bond donors (Lipinski definition) is 1. The number of nitrogens with zero attached hydrogens (tertiary/aromatic N) is 3. The monoisotopic (exact) mass is 332 g/mol. The van der Waals surface area contributed by atoms with Gasteiger partial charge < -0.3 is 19.7 Å². The maximum atomic E-state index is 5.22. The van der Waals surface area contributed by atoms with Crippen molar-refractivity contribution >= 4 is 17.4 Å². The molecule has 6 nitrogen and oxygen atoms in total. The highest BCUT2D eigenvalue weighted by Gasteiger charge is 2.16. The molecule has 0 saturated carbocycles. The maximum Gasteiger partial charge on any atom is 0.220 e. The fraction of sp³-hybridized carbons (Fsp3) is 0.375. The van der Waals surface area contributed by atoms with Crippen LogP contribution in [0.5, 0.6) is 11.8 Å². The van der Waals surface area contributed by atoms with Crippen LogP contribution >= 0.6 is 11.8 Å². The lowest BCUT2D eigenvalue weighted by Crippen LogP contribution is -2.43. The molecule has 1 N–H and O–H groups in total. The number of hydrogen-bond acceptors (Lipinski definition) is 7. The first kappa shape index (κ1) is 15.9. The first-order valence-corrected chi connectivity index (χ1v) is 8.31. The van der Waals surface area contributed by atoms with Crippen molar-refractivity contribution in [2.24, 2.45) is 0 Å². The Balaban J connectivity index is 1.88. The number of aromatic nitrogens is 2. The number of piperazine rings is 1. The van der Waals surface area contributed by atoms with Crippen LogP contribution < -0.4 is 19.7 Å². The van der Waals surface area contributed by atoms with Crippen molar-refractivity contribution in [3.05, 3.63) is 30.3 Å². The van der Waals surface area contributed by atoms with Crippen LogP contribution in [0.15, 0.2) is 40.4 Å². The van der Waals surface area contributed by atoms with Crippen molar-refractivity contribution in [2.45, 2.75) is 10.1 Å². The number of para-hydroxylation sites is 1. The summed E-state index contributed by atoms with van der Waals surface area (Å²) in [5.41, 5.74) is 1.21. The molecule has 1 saturated heterocycles. The quantitative estimate of drug-likeness (QED) is 0.841. The second kappa shape index (κ2) is 7.52. The van der Waals surface area contributed by atoms with E-state index in [-0.39, 0.29) is 0 Å². The van der Waals surface area contributed by atoms with E-state index in [1.807, 2.05) is 6.07 Å².